The fourth-order valence-electron chi connectivity index (χ4n) is 5.54. The Kier molecular flexibility index (Phi) is 6.31. The number of carbonyl (C=O) groups is 1. The van der Waals surface area contributed by atoms with Crippen LogP contribution in [-0.4, -0.2) is 29.2 Å². The van der Waals surface area contributed by atoms with Gasteiger partial charge >= 0.3 is 11.9 Å². The highest BCUT2D eigenvalue weighted by molar-refractivity contribution is 5.90. The van der Waals surface area contributed by atoms with Crippen LogP contribution >= 0.6 is 0 Å². The first-order valence-electron chi connectivity index (χ1n) is 13.9. The molecular formula is C34H27NO7. The smallest absolute Gasteiger partial charge is 0.415 e. The van der Waals surface area contributed by atoms with Gasteiger partial charge in [-0.15, -0.1) is 0 Å². The van der Waals surface area contributed by atoms with E-state index >= 15 is 0 Å². The van der Waals surface area contributed by atoms with Gasteiger partial charge in [-0.05, 0) is 43.5 Å². The summed E-state index contributed by atoms with van der Waals surface area (Å²) in [4.78, 5) is 27.5. The first kappa shape index (κ1) is 25.7. The van der Waals surface area contributed by atoms with Crippen molar-refractivity contribution in [3.63, 3.8) is 0 Å². The maximum atomic E-state index is 13.3. The van der Waals surface area contributed by atoms with Crippen LogP contribution in [0.4, 0.5) is 4.79 Å². The SMILES string of the molecule is O=C(Oc1ccc(-c2cc(=O)c3c(O)c4c(cc3o2)OC(c2ccccc2)(c2ccccc2)O4)cc1)N1CCCCC1. The molecule has 1 amide bonds. The summed E-state index contributed by atoms with van der Waals surface area (Å²) in [5.41, 5.74) is 1.75. The maximum Gasteiger partial charge on any atom is 0.415 e. The van der Waals surface area contributed by atoms with Crippen LogP contribution in [0.1, 0.15) is 30.4 Å². The Morgan fingerprint density at radius 1 is 0.810 bits per heavy atom. The van der Waals surface area contributed by atoms with Crippen LogP contribution in [0.15, 0.2) is 106 Å². The van der Waals surface area contributed by atoms with Gasteiger partial charge in [-0.25, -0.2) is 4.79 Å². The van der Waals surface area contributed by atoms with Gasteiger partial charge < -0.3 is 28.6 Å². The Labute approximate surface area is 241 Å². The Morgan fingerprint density at radius 2 is 1.45 bits per heavy atom. The lowest BCUT2D eigenvalue weighted by Gasteiger charge is -2.28. The number of aromatic hydroxyl groups is 1. The molecule has 42 heavy (non-hydrogen) atoms. The van der Waals surface area contributed by atoms with Gasteiger partial charge in [0, 0.05) is 41.9 Å². The predicted molar refractivity (Wildman–Crippen MR) is 156 cm³/mol. The van der Waals surface area contributed by atoms with Gasteiger partial charge in [0.25, 0.3) is 0 Å². The molecule has 210 valence electrons. The number of phenolic OH excluding ortho intramolecular Hbond substituents is 1. The number of nitrogens with zero attached hydrogens (tertiary/aromatic N) is 1. The zero-order chi connectivity index (χ0) is 28.7. The predicted octanol–water partition coefficient (Wildman–Crippen LogP) is 6.82. The van der Waals surface area contributed by atoms with Crippen molar-refractivity contribution >= 4 is 17.1 Å². The molecule has 0 spiro atoms. The third-order valence-corrected chi connectivity index (χ3v) is 7.68. The van der Waals surface area contributed by atoms with Crippen molar-refractivity contribution in [2.45, 2.75) is 25.0 Å². The molecule has 2 aliphatic heterocycles. The van der Waals surface area contributed by atoms with Crippen LogP contribution in [0, 0.1) is 0 Å². The number of hydrogen-bond acceptors (Lipinski definition) is 7. The fourth-order valence-corrected chi connectivity index (χ4v) is 5.54. The summed E-state index contributed by atoms with van der Waals surface area (Å²) in [6.45, 7) is 1.39. The molecule has 1 N–H and O–H groups in total. The first-order valence-corrected chi connectivity index (χ1v) is 13.9. The number of ether oxygens (including phenoxy) is 3. The molecule has 4 aromatic carbocycles. The third kappa shape index (κ3) is 4.41. The Bertz CT molecular complexity index is 1790. The van der Waals surface area contributed by atoms with Crippen LogP contribution < -0.4 is 19.6 Å². The van der Waals surface area contributed by atoms with E-state index in [1.165, 1.54) is 6.07 Å². The molecule has 5 aromatic rings. The summed E-state index contributed by atoms with van der Waals surface area (Å²) in [6, 6.07) is 28.5. The summed E-state index contributed by atoms with van der Waals surface area (Å²) in [5.74, 6) is -0.721. The van der Waals surface area contributed by atoms with E-state index in [-0.39, 0.29) is 40.1 Å². The monoisotopic (exact) mass is 561 g/mol. The van der Waals surface area contributed by atoms with Crippen molar-refractivity contribution in [1.82, 2.24) is 4.90 Å². The minimum Gasteiger partial charge on any atom is -0.504 e. The van der Waals surface area contributed by atoms with Crippen LogP contribution in [0.25, 0.3) is 22.3 Å². The molecule has 0 unspecified atom stereocenters. The standard InChI is InChI=1S/C34H27NO7/c36-26-20-27(22-14-16-25(17-15-22)39-33(38)35-18-8-3-9-19-35)40-28-21-29-32(31(37)30(26)28)42-34(41-29,23-10-4-1-5-11-23)24-12-6-2-7-13-24/h1-2,4-7,10-17,20-21,37H,3,8-9,18-19H2. The maximum absolute atomic E-state index is 13.3. The van der Waals surface area contributed by atoms with Crippen molar-refractivity contribution in [3.8, 4) is 34.3 Å². The number of hydrogen-bond donors (Lipinski definition) is 1. The normalized spacial score (nSPS) is 15.5. The number of benzene rings is 4. The number of phenols is 1. The summed E-state index contributed by atoms with van der Waals surface area (Å²) in [6.07, 6.45) is 2.71. The minimum absolute atomic E-state index is 0.00916. The molecular weight excluding hydrogens is 534 g/mol. The van der Waals surface area contributed by atoms with E-state index in [4.69, 9.17) is 18.6 Å². The van der Waals surface area contributed by atoms with Crippen LogP contribution in [0.5, 0.6) is 23.0 Å². The van der Waals surface area contributed by atoms with E-state index in [9.17, 15) is 14.7 Å². The Morgan fingerprint density at radius 3 is 2.10 bits per heavy atom. The minimum atomic E-state index is -1.37. The van der Waals surface area contributed by atoms with Gasteiger partial charge in [-0.2, -0.15) is 0 Å². The molecule has 8 heteroatoms. The molecule has 8 nitrogen and oxygen atoms in total. The number of amides is 1. The molecule has 3 heterocycles. The summed E-state index contributed by atoms with van der Waals surface area (Å²) < 4.78 is 24.5. The number of likely N-dealkylation sites (tertiary alicyclic amines) is 1. The first-order chi connectivity index (χ1) is 20.5. The van der Waals surface area contributed by atoms with Gasteiger partial charge in [0.05, 0.1) is 0 Å². The molecule has 1 saturated heterocycles. The molecule has 1 fully saturated rings. The number of piperidine rings is 1. The molecule has 7 rings (SSSR count). The Balaban J connectivity index is 1.23. The van der Waals surface area contributed by atoms with Crippen LogP contribution in [0.3, 0.4) is 0 Å². The van der Waals surface area contributed by atoms with Gasteiger partial charge in [0.15, 0.2) is 16.9 Å². The third-order valence-electron chi connectivity index (χ3n) is 7.68. The quantitative estimate of drug-likeness (QED) is 0.257. The lowest BCUT2D eigenvalue weighted by molar-refractivity contribution is -0.0466. The highest BCUT2D eigenvalue weighted by Gasteiger charge is 2.47. The van der Waals surface area contributed by atoms with Crippen LogP contribution in [0.2, 0.25) is 0 Å². The highest BCUT2D eigenvalue weighted by Crippen LogP contribution is 2.53. The Hall–Kier alpha value is -5.24. The van der Waals surface area contributed by atoms with Gasteiger partial charge in [0.1, 0.15) is 22.5 Å². The molecule has 0 radical (unpaired) electrons. The zero-order valence-electron chi connectivity index (χ0n) is 22.6. The van der Waals surface area contributed by atoms with E-state index in [0.29, 0.717) is 24.4 Å². The van der Waals surface area contributed by atoms with Crippen molar-refractivity contribution < 1.29 is 28.5 Å². The average Bonchev–Trinajstić information content (AvgIpc) is 3.44. The average molecular weight is 562 g/mol. The summed E-state index contributed by atoms with van der Waals surface area (Å²) >= 11 is 0. The second kappa shape index (κ2) is 10.3. The van der Waals surface area contributed by atoms with Crippen molar-refractivity contribution in [2.24, 2.45) is 0 Å². The molecule has 2 aliphatic rings. The van der Waals surface area contributed by atoms with Gasteiger partial charge in [-0.1, -0.05) is 60.7 Å². The molecule has 0 aliphatic carbocycles. The lowest BCUT2D eigenvalue weighted by Crippen LogP contribution is -2.37. The fraction of sp³-hybridized carbons (Fsp3) is 0.176. The molecule has 0 bridgehead atoms. The van der Waals surface area contributed by atoms with E-state index in [1.807, 2.05) is 60.7 Å². The molecule has 1 aromatic heterocycles. The van der Waals surface area contributed by atoms with Gasteiger partial charge in [-0.3, -0.25) is 4.79 Å². The van der Waals surface area contributed by atoms with Crippen molar-refractivity contribution in [1.29, 1.82) is 0 Å². The highest BCUT2D eigenvalue weighted by atomic mass is 16.7. The van der Waals surface area contributed by atoms with E-state index in [0.717, 1.165) is 30.4 Å². The van der Waals surface area contributed by atoms with Crippen LogP contribution in [-0.2, 0) is 5.79 Å². The van der Waals surface area contributed by atoms with E-state index < -0.39 is 11.2 Å². The largest absolute Gasteiger partial charge is 0.504 e. The van der Waals surface area contributed by atoms with Crippen molar-refractivity contribution in [2.75, 3.05) is 13.1 Å². The van der Waals surface area contributed by atoms with E-state index in [1.54, 1.807) is 35.2 Å². The number of carbonyl (C=O) groups excluding carboxylic acids is 1. The topological polar surface area (TPSA) is 98.4 Å². The summed E-state index contributed by atoms with van der Waals surface area (Å²) in [7, 11) is 0. The second-order valence-corrected chi connectivity index (χ2v) is 10.4. The van der Waals surface area contributed by atoms with E-state index in [2.05, 4.69) is 0 Å². The zero-order valence-corrected chi connectivity index (χ0v) is 22.6. The summed E-state index contributed by atoms with van der Waals surface area (Å²) in [5, 5.41) is 11.2. The second-order valence-electron chi connectivity index (χ2n) is 10.4. The number of fused-ring (bicyclic) bond motifs is 2. The van der Waals surface area contributed by atoms with Gasteiger partial charge in [0.2, 0.25) is 5.75 Å². The molecule has 0 saturated carbocycles. The molecule has 0 atom stereocenters. The lowest BCUT2D eigenvalue weighted by atomic mass is 9.97. The van der Waals surface area contributed by atoms with Crippen molar-refractivity contribution in [3.05, 3.63) is 118 Å². The number of rotatable bonds is 4.